The van der Waals surface area contributed by atoms with E-state index in [0.717, 1.165) is 11.3 Å². The lowest BCUT2D eigenvalue weighted by Gasteiger charge is -2.14. The first-order valence-electron chi connectivity index (χ1n) is 4.80. The van der Waals surface area contributed by atoms with Crippen LogP contribution < -0.4 is 5.32 Å². The van der Waals surface area contributed by atoms with Gasteiger partial charge in [0.15, 0.2) is 0 Å². The lowest BCUT2D eigenvalue weighted by atomic mass is 10.3. The zero-order valence-corrected chi connectivity index (χ0v) is 10.1. The minimum Gasteiger partial charge on any atom is -0.359 e. The Morgan fingerprint density at radius 1 is 1.67 bits per heavy atom. The van der Waals surface area contributed by atoms with E-state index in [0.29, 0.717) is 5.00 Å². The van der Waals surface area contributed by atoms with Crippen LogP contribution in [0.3, 0.4) is 0 Å². The van der Waals surface area contributed by atoms with Gasteiger partial charge in [-0.15, -0.1) is 11.3 Å². The standard InChI is InChI=1S/C10H9F3N2O2S/c1-6(17-5-10(11,12)13)8(16)15-9-7(4-14)2-3-18-9/h2-3,6H,5H2,1H3,(H,15,16)/t6-/m1/s1. The van der Waals surface area contributed by atoms with Gasteiger partial charge in [-0.3, -0.25) is 4.79 Å². The van der Waals surface area contributed by atoms with Crippen molar-refractivity contribution < 1.29 is 22.7 Å². The molecule has 0 fully saturated rings. The van der Waals surface area contributed by atoms with Crippen LogP contribution in [-0.4, -0.2) is 24.8 Å². The molecular formula is C10H9F3N2O2S. The minimum absolute atomic E-state index is 0.261. The average Bonchev–Trinajstić information content (AvgIpc) is 2.72. The second-order valence-electron chi connectivity index (χ2n) is 3.33. The maximum Gasteiger partial charge on any atom is 0.411 e. The third-order valence-electron chi connectivity index (χ3n) is 1.89. The topological polar surface area (TPSA) is 62.1 Å². The van der Waals surface area contributed by atoms with Crippen molar-refractivity contribution in [3.05, 3.63) is 17.0 Å². The van der Waals surface area contributed by atoms with E-state index in [4.69, 9.17) is 5.26 Å². The number of ether oxygens (including phenoxy) is 1. The number of nitriles is 1. The van der Waals surface area contributed by atoms with Crippen molar-refractivity contribution in [2.75, 3.05) is 11.9 Å². The quantitative estimate of drug-likeness (QED) is 0.920. The Hall–Kier alpha value is -1.59. The Labute approximate surface area is 105 Å². The van der Waals surface area contributed by atoms with Gasteiger partial charge in [0.05, 0.1) is 5.56 Å². The van der Waals surface area contributed by atoms with Crippen LogP contribution in [0, 0.1) is 11.3 Å². The second-order valence-corrected chi connectivity index (χ2v) is 4.25. The first kappa shape index (κ1) is 14.5. The molecule has 0 aliphatic carbocycles. The van der Waals surface area contributed by atoms with E-state index < -0.39 is 24.8 Å². The Kier molecular flexibility index (Phi) is 4.69. The molecule has 1 aromatic rings. The Bertz CT molecular complexity index is 464. The van der Waals surface area contributed by atoms with E-state index in [9.17, 15) is 18.0 Å². The van der Waals surface area contributed by atoms with Gasteiger partial charge < -0.3 is 10.1 Å². The summed E-state index contributed by atoms with van der Waals surface area (Å²) in [4.78, 5) is 11.5. The van der Waals surface area contributed by atoms with E-state index in [1.165, 1.54) is 13.0 Å². The molecule has 1 aromatic heterocycles. The minimum atomic E-state index is -4.48. The van der Waals surface area contributed by atoms with E-state index in [1.807, 2.05) is 6.07 Å². The summed E-state index contributed by atoms with van der Waals surface area (Å²) in [5.74, 6) is -0.724. The number of hydrogen-bond acceptors (Lipinski definition) is 4. The van der Waals surface area contributed by atoms with Crippen LogP contribution in [0.1, 0.15) is 12.5 Å². The van der Waals surface area contributed by atoms with Gasteiger partial charge in [0, 0.05) is 0 Å². The van der Waals surface area contributed by atoms with Crippen molar-refractivity contribution in [1.82, 2.24) is 0 Å². The lowest BCUT2D eigenvalue weighted by Crippen LogP contribution is -2.31. The average molecular weight is 278 g/mol. The van der Waals surface area contributed by atoms with Gasteiger partial charge in [0.25, 0.3) is 5.91 Å². The maximum atomic E-state index is 11.9. The highest BCUT2D eigenvalue weighted by atomic mass is 32.1. The van der Waals surface area contributed by atoms with Gasteiger partial charge in [0.1, 0.15) is 23.8 Å². The molecule has 0 aliphatic rings. The summed E-state index contributed by atoms with van der Waals surface area (Å²) < 4.78 is 40.0. The van der Waals surface area contributed by atoms with Crippen molar-refractivity contribution in [2.24, 2.45) is 0 Å². The van der Waals surface area contributed by atoms with Crippen molar-refractivity contribution in [3.8, 4) is 6.07 Å². The molecule has 0 aromatic carbocycles. The summed E-state index contributed by atoms with van der Waals surface area (Å²) in [6.45, 7) is -0.280. The number of rotatable bonds is 4. The molecule has 1 heterocycles. The largest absolute Gasteiger partial charge is 0.411 e. The van der Waals surface area contributed by atoms with Crippen molar-refractivity contribution in [1.29, 1.82) is 5.26 Å². The number of thiophene rings is 1. The number of carbonyl (C=O) groups excluding carboxylic acids is 1. The van der Waals surface area contributed by atoms with Gasteiger partial charge in [0.2, 0.25) is 0 Å². The Morgan fingerprint density at radius 3 is 2.89 bits per heavy atom. The molecule has 4 nitrogen and oxygen atoms in total. The van der Waals surface area contributed by atoms with Gasteiger partial charge in [-0.2, -0.15) is 18.4 Å². The molecule has 1 rings (SSSR count). The van der Waals surface area contributed by atoms with Crippen molar-refractivity contribution in [2.45, 2.75) is 19.2 Å². The van der Waals surface area contributed by atoms with Gasteiger partial charge in [-0.25, -0.2) is 0 Å². The molecule has 0 bridgehead atoms. The van der Waals surface area contributed by atoms with Crippen LogP contribution >= 0.6 is 11.3 Å². The molecule has 1 atom stereocenters. The van der Waals surface area contributed by atoms with Crippen molar-refractivity contribution >= 4 is 22.2 Å². The molecule has 0 saturated carbocycles. The predicted octanol–water partition coefficient (Wildman–Crippen LogP) is 2.53. The summed E-state index contributed by atoms with van der Waals surface area (Å²) in [5.41, 5.74) is 0.261. The fourth-order valence-corrected chi connectivity index (χ4v) is 1.74. The predicted molar refractivity (Wildman–Crippen MR) is 59.1 cm³/mol. The third-order valence-corrected chi connectivity index (χ3v) is 2.72. The summed E-state index contributed by atoms with van der Waals surface area (Å²) in [5, 5.41) is 12.9. The summed E-state index contributed by atoms with van der Waals surface area (Å²) in [6, 6.07) is 3.35. The maximum absolute atomic E-state index is 11.9. The summed E-state index contributed by atoms with van der Waals surface area (Å²) in [7, 11) is 0. The number of halogens is 3. The van der Waals surface area contributed by atoms with E-state index in [2.05, 4.69) is 10.1 Å². The fourth-order valence-electron chi connectivity index (χ4n) is 1.00. The van der Waals surface area contributed by atoms with Crippen molar-refractivity contribution in [3.63, 3.8) is 0 Å². The molecule has 0 spiro atoms. The third kappa shape index (κ3) is 4.35. The molecular weight excluding hydrogens is 269 g/mol. The Balaban J connectivity index is 2.53. The number of hydrogen-bond donors (Lipinski definition) is 1. The number of amides is 1. The normalized spacial score (nSPS) is 12.8. The van der Waals surface area contributed by atoms with Crippen LogP contribution in [0.4, 0.5) is 18.2 Å². The zero-order valence-electron chi connectivity index (χ0n) is 9.25. The van der Waals surface area contributed by atoms with Crippen LogP contribution in [0.5, 0.6) is 0 Å². The van der Waals surface area contributed by atoms with Crippen LogP contribution in [0.25, 0.3) is 0 Å². The van der Waals surface area contributed by atoms with Crippen LogP contribution in [0.2, 0.25) is 0 Å². The van der Waals surface area contributed by atoms with E-state index in [-0.39, 0.29) is 5.56 Å². The molecule has 1 amide bonds. The first-order chi connectivity index (χ1) is 8.33. The number of nitrogens with one attached hydrogen (secondary N) is 1. The van der Waals surface area contributed by atoms with E-state index >= 15 is 0 Å². The molecule has 0 unspecified atom stereocenters. The first-order valence-corrected chi connectivity index (χ1v) is 5.68. The molecule has 1 N–H and O–H groups in total. The molecule has 0 aliphatic heterocycles. The fraction of sp³-hybridized carbons (Fsp3) is 0.400. The molecule has 8 heteroatoms. The molecule has 0 radical (unpaired) electrons. The van der Waals surface area contributed by atoms with E-state index in [1.54, 1.807) is 5.38 Å². The number of nitrogens with zero attached hydrogens (tertiary/aromatic N) is 1. The Morgan fingerprint density at radius 2 is 2.33 bits per heavy atom. The number of anilines is 1. The van der Waals surface area contributed by atoms with Gasteiger partial charge in [-0.05, 0) is 18.4 Å². The highest BCUT2D eigenvalue weighted by molar-refractivity contribution is 7.14. The van der Waals surface area contributed by atoms with Crippen LogP contribution in [0.15, 0.2) is 11.4 Å². The highest BCUT2D eigenvalue weighted by Crippen LogP contribution is 2.22. The van der Waals surface area contributed by atoms with Crippen LogP contribution in [-0.2, 0) is 9.53 Å². The zero-order chi connectivity index (χ0) is 13.8. The second kappa shape index (κ2) is 5.84. The summed E-state index contributed by atoms with van der Waals surface area (Å²) >= 11 is 1.11. The molecule has 98 valence electrons. The van der Waals surface area contributed by atoms with Gasteiger partial charge in [-0.1, -0.05) is 0 Å². The SMILES string of the molecule is C[C@@H](OCC(F)(F)F)C(=O)Nc1sccc1C#N. The molecule has 18 heavy (non-hydrogen) atoms. The summed E-state index contributed by atoms with van der Waals surface area (Å²) in [6.07, 6.45) is -5.73. The molecule has 0 saturated heterocycles. The number of carbonyl (C=O) groups is 1. The smallest absolute Gasteiger partial charge is 0.359 e. The van der Waals surface area contributed by atoms with Gasteiger partial charge >= 0.3 is 6.18 Å². The lowest BCUT2D eigenvalue weighted by molar-refractivity contribution is -0.184. The number of alkyl halides is 3. The highest BCUT2D eigenvalue weighted by Gasteiger charge is 2.30. The monoisotopic (exact) mass is 278 g/mol.